The highest BCUT2D eigenvalue weighted by Gasteiger charge is 2.15. The van der Waals surface area contributed by atoms with Gasteiger partial charge in [0, 0.05) is 18.4 Å². The molecule has 0 radical (unpaired) electrons. The Morgan fingerprint density at radius 1 is 1.47 bits per heavy atom. The van der Waals surface area contributed by atoms with Crippen LogP contribution in [-0.4, -0.2) is 19.3 Å². The van der Waals surface area contributed by atoms with Crippen molar-refractivity contribution in [3.63, 3.8) is 0 Å². The van der Waals surface area contributed by atoms with Crippen molar-refractivity contribution in [2.45, 2.75) is 25.9 Å². The van der Waals surface area contributed by atoms with E-state index in [0.717, 1.165) is 36.4 Å². The smallest absolute Gasteiger partial charge is 0.121 e. The van der Waals surface area contributed by atoms with E-state index in [2.05, 4.69) is 0 Å². The number of rotatable bonds is 3. The molecular formula is C12H17NO2. The maximum absolute atomic E-state index is 5.73. The molecule has 0 aromatic heterocycles. The normalized spacial score (nSPS) is 20.5. The van der Waals surface area contributed by atoms with Crippen molar-refractivity contribution in [1.29, 1.82) is 0 Å². The van der Waals surface area contributed by atoms with Crippen molar-refractivity contribution in [3.05, 3.63) is 23.8 Å². The van der Waals surface area contributed by atoms with Gasteiger partial charge in [0.05, 0.1) is 6.10 Å². The second-order valence-electron chi connectivity index (χ2n) is 4.03. The zero-order valence-corrected chi connectivity index (χ0v) is 9.03. The maximum atomic E-state index is 5.73. The summed E-state index contributed by atoms with van der Waals surface area (Å²) in [4.78, 5) is 0. The Morgan fingerprint density at radius 2 is 2.33 bits per heavy atom. The van der Waals surface area contributed by atoms with E-state index in [9.17, 15) is 0 Å². The van der Waals surface area contributed by atoms with E-state index < -0.39 is 0 Å². The molecule has 3 nitrogen and oxygen atoms in total. The molecule has 1 aliphatic heterocycles. The predicted molar refractivity (Wildman–Crippen MR) is 60.1 cm³/mol. The molecule has 15 heavy (non-hydrogen) atoms. The molecule has 1 heterocycles. The molecule has 0 saturated carbocycles. The molecule has 0 amide bonds. The van der Waals surface area contributed by atoms with Crippen LogP contribution in [0.1, 0.15) is 18.4 Å². The lowest BCUT2D eigenvalue weighted by molar-refractivity contribution is 0.0679. The lowest BCUT2D eigenvalue weighted by Crippen LogP contribution is -2.16. The van der Waals surface area contributed by atoms with Crippen molar-refractivity contribution < 1.29 is 9.47 Å². The summed E-state index contributed by atoms with van der Waals surface area (Å²) >= 11 is 0. The van der Waals surface area contributed by atoms with E-state index in [-0.39, 0.29) is 6.10 Å². The van der Waals surface area contributed by atoms with Gasteiger partial charge in [0.2, 0.25) is 0 Å². The summed E-state index contributed by atoms with van der Waals surface area (Å²) in [6.07, 6.45) is 2.50. The van der Waals surface area contributed by atoms with E-state index in [1.807, 2.05) is 25.1 Å². The van der Waals surface area contributed by atoms with Crippen LogP contribution in [0.4, 0.5) is 5.69 Å². The van der Waals surface area contributed by atoms with Crippen molar-refractivity contribution in [2.24, 2.45) is 0 Å². The molecule has 0 bridgehead atoms. The van der Waals surface area contributed by atoms with Crippen molar-refractivity contribution in [1.82, 2.24) is 0 Å². The SMILES string of the molecule is Cc1cc(N)cc(OCC2CCCO2)c1. The quantitative estimate of drug-likeness (QED) is 0.772. The van der Waals surface area contributed by atoms with Gasteiger partial charge >= 0.3 is 0 Å². The van der Waals surface area contributed by atoms with Crippen LogP contribution in [0.15, 0.2) is 18.2 Å². The Morgan fingerprint density at radius 3 is 3.00 bits per heavy atom. The second-order valence-corrected chi connectivity index (χ2v) is 4.03. The highest BCUT2D eigenvalue weighted by atomic mass is 16.5. The topological polar surface area (TPSA) is 44.5 Å². The average Bonchev–Trinajstić information content (AvgIpc) is 2.65. The predicted octanol–water partition coefficient (Wildman–Crippen LogP) is 2.14. The molecule has 0 spiro atoms. The van der Waals surface area contributed by atoms with Crippen LogP contribution in [0, 0.1) is 6.92 Å². The Balaban J connectivity index is 1.92. The number of benzene rings is 1. The first-order valence-electron chi connectivity index (χ1n) is 5.35. The van der Waals surface area contributed by atoms with Crippen LogP contribution in [0.25, 0.3) is 0 Å². The Hall–Kier alpha value is -1.22. The zero-order valence-electron chi connectivity index (χ0n) is 9.03. The van der Waals surface area contributed by atoms with Gasteiger partial charge in [-0.25, -0.2) is 0 Å². The molecule has 1 fully saturated rings. The summed E-state index contributed by atoms with van der Waals surface area (Å²) in [5.41, 5.74) is 7.60. The lowest BCUT2D eigenvalue weighted by Gasteiger charge is -2.12. The van der Waals surface area contributed by atoms with Crippen molar-refractivity contribution >= 4 is 5.69 Å². The molecule has 0 aliphatic carbocycles. The average molecular weight is 207 g/mol. The monoisotopic (exact) mass is 207 g/mol. The summed E-state index contributed by atoms with van der Waals surface area (Å²) < 4.78 is 11.1. The summed E-state index contributed by atoms with van der Waals surface area (Å²) in [5.74, 6) is 0.836. The van der Waals surface area contributed by atoms with Gasteiger partial charge in [0.25, 0.3) is 0 Å². The van der Waals surface area contributed by atoms with Crippen LogP contribution < -0.4 is 10.5 Å². The summed E-state index contributed by atoms with van der Waals surface area (Å²) in [6, 6.07) is 5.77. The molecule has 1 aliphatic rings. The zero-order chi connectivity index (χ0) is 10.7. The van der Waals surface area contributed by atoms with E-state index in [1.54, 1.807) is 0 Å². The van der Waals surface area contributed by atoms with Gasteiger partial charge in [-0.05, 0) is 37.5 Å². The fourth-order valence-electron chi connectivity index (χ4n) is 1.82. The van der Waals surface area contributed by atoms with Crippen LogP contribution >= 0.6 is 0 Å². The van der Waals surface area contributed by atoms with Crippen molar-refractivity contribution in [3.8, 4) is 5.75 Å². The number of nitrogens with two attached hydrogens (primary N) is 1. The van der Waals surface area contributed by atoms with E-state index in [4.69, 9.17) is 15.2 Å². The molecule has 82 valence electrons. The number of ether oxygens (including phenoxy) is 2. The number of anilines is 1. The Labute approximate surface area is 90.2 Å². The first-order valence-corrected chi connectivity index (χ1v) is 5.35. The summed E-state index contributed by atoms with van der Waals surface area (Å²) in [5, 5.41) is 0. The Kier molecular flexibility index (Phi) is 3.11. The van der Waals surface area contributed by atoms with Gasteiger partial charge in [-0.3, -0.25) is 0 Å². The standard InChI is InChI=1S/C12H17NO2/c1-9-5-10(13)7-12(6-9)15-8-11-3-2-4-14-11/h5-7,11H,2-4,8,13H2,1H3. The minimum Gasteiger partial charge on any atom is -0.491 e. The van der Waals surface area contributed by atoms with Gasteiger partial charge in [0.15, 0.2) is 0 Å². The molecular weight excluding hydrogens is 190 g/mol. The van der Waals surface area contributed by atoms with E-state index >= 15 is 0 Å². The van der Waals surface area contributed by atoms with E-state index in [0.29, 0.717) is 6.61 Å². The minimum atomic E-state index is 0.256. The van der Waals surface area contributed by atoms with Gasteiger partial charge in [-0.15, -0.1) is 0 Å². The lowest BCUT2D eigenvalue weighted by atomic mass is 10.2. The third-order valence-corrected chi connectivity index (χ3v) is 2.53. The van der Waals surface area contributed by atoms with Gasteiger partial charge in [-0.2, -0.15) is 0 Å². The van der Waals surface area contributed by atoms with Crippen LogP contribution in [0.5, 0.6) is 5.75 Å². The van der Waals surface area contributed by atoms with Gasteiger partial charge < -0.3 is 15.2 Å². The number of hydrogen-bond acceptors (Lipinski definition) is 3. The second kappa shape index (κ2) is 4.53. The van der Waals surface area contributed by atoms with Gasteiger partial charge in [-0.1, -0.05) is 0 Å². The minimum absolute atomic E-state index is 0.256. The number of nitrogen functional groups attached to an aromatic ring is 1. The van der Waals surface area contributed by atoms with Crippen molar-refractivity contribution in [2.75, 3.05) is 18.9 Å². The fraction of sp³-hybridized carbons (Fsp3) is 0.500. The molecule has 2 rings (SSSR count). The largest absolute Gasteiger partial charge is 0.491 e. The highest BCUT2D eigenvalue weighted by Crippen LogP contribution is 2.20. The molecule has 1 saturated heterocycles. The maximum Gasteiger partial charge on any atom is 0.121 e. The molecule has 1 aromatic rings. The summed E-state index contributed by atoms with van der Waals surface area (Å²) in [6.45, 7) is 3.50. The molecule has 1 aromatic carbocycles. The highest BCUT2D eigenvalue weighted by molar-refractivity contribution is 5.47. The first-order chi connectivity index (χ1) is 7.24. The molecule has 1 atom stereocenters. The van der Waals surface area contributed by atoms with E-state index in [1.165, 1.54) is 0 Å². The van der Waals surface area contributed by atoms with Crippen LogP contribution in [-0.2, 0) is 4.74 Å². The summed E-state index contributed by atoms with van der Waals surface area (Å²) in [7, 11) is 0. The molecule has 2 N–H and O–H groups in total. The van der Waals surface area contributed by atoms with Crippen LogP contribution in [0.2, 0.25) is 0 Å². The number of aryl methyl sites for hydroxylation is 1. The molecule has 1 unspecified atom stereocenters. The third kappa shape index (κ3) is 2.86. The third-order valence-electron chi connectivity index (χ3n) is 2.53. The molecule has 3 heteroatoms. The van der Waals surface area contributed by atoms with Crippen LogP contribution in [0.3, 0.4) is 0 Å². The van der Waals surface area contributed by atoms with Gasteiger partial charge in [0.1, 0.15) is 12.4 Å². The Bertz CT molecular complexity index is 312. The fourth-order valence-corrected chi connectivity index (χ4v) is 1.82. The number of hydrogen-bond donors (Lipinski definition) is 1. The first kappa shape index (κ1) is 10.3.